The Balaban J connectivity index is 2.16. The Bertz CT molecular complexity index is 364. The van der Waals surface area contributed by atoms with Crippen molar-refractivity contribution in [3.05, 3.63) is 29.6 Å². The van der Waals surface area contributed by atoms with Crippen molar-refractivity contribution in [2.45, 2.75) is 12.5 Å². The van der Waals surface area contributed by atoms with Gasteiger partial charge in [0, 0.05) is 18.7 Å². The standard InChI is InChI=1S/C10H10F3NO/c11-7-3-9(13)10(4-8(7)12)15-6-1-2-14-5-6/h3-4,6,14H,1-2,5H2. The first kappa shape index (κ1) is 10.3. The fraction of sp³-hybridized carbons (Fsp3) is 0.400. The summed E-state index contributed by atoms with van der Waals surface area (Å²) in [4.78, 5) is 0. The molecule has 0 amide bonds. The molecular formula is C10H10F3NO. The van der Waals surface area contributed by atoms with Crippen LogP contribution in [0.3, 0.4) is 0 Å². The molecule has 1 N–H and O–H groups in total. The highest BCUT2D eigenvalue weighted by Crippen LogP contribution is 2.22. The molecule has 0 aliphatic carbocycles. The Morgan fingerprint density at radius 3 is 2.53 bits per heavy atom. The Hall–Kier alpha value is -1.23. The molecule has 0 bridgehead atoms. The topological polar surface area (TPSA) is 21.3 Å². The minimum absolute atomic E-state index is 0.177. The number of halogens is 3. The van der Waals surface area contributed by atoms with Crippen molar-refractivity contribution in [3.8, 4) is 5.75 Å². The molecule has 0 saturated carbocycles. The molecule has 5 heteroatoms. The first-order chi connectivity index (χ1) is 7.16. The molecule has 2 nitrogen and oxygen atoms in total. The van der Waals surface area contributed by atoms with E-state index in [0.717, 1.165) is 19.0 Å². The molecular weight excluding hydrogens is 207 g/mol. The van der Waals surface area contributed by atoms with Gasteiger partial charge < -0.3 is 10.1 Å². The molecule has 82 valence electrons. The third-order valence-corrected chi connectivity index (χ3v) is 2.28. The lowest BCUT2D eigenvalue weighted by atomic mass is 10.3. The maximum Gasteiger partial charge on any atom is 0.168 e. The van der Waals surface area contributed by atoms with E-state index >= 15 is 0 Å². The molecule has 0 radical (unpaired) electrons. The minimum Gasteiger partial charge on any atom is -0.486 e. The van der Waals surface area contributed by atoms with E-state index < -0.39 is 17.5 Å². The maximum atomic E-state index is 13.1. The minimum atomic E-state index is -1.20. The molecule has 1 aromatic rings. The second-order valence-electron chi connectivity index (χ2n) is 3.43. The second kappa shape index (κ2) is 4.10. The quantitative estimate of drug-likeness (QED) is 0.763. The highest BCUT2D eigenvalue weighted by Gasteiger charge is 2.19. The first-order valence-corrected chi connectivity index (χ1v) is 4.69. The summed E-state index contributed by atoms with van der Waals surface area (Å²) < 4.78 is 43.7. The van der Waals surface area contributed by atoms with Gasteiger partial charge in [-0.2, -0.15) is 0 Å². The number of hydrogen-bond donors (Lipinski definition) is 1. The van der Waals surface area contributed by atoms with Crippen LogP contribution < -0.4 is 10.1 Å². The summed E-state index contributed by atoms with van der Waals surface area (Å²) in [6.45, 7) is 1.38. The van der Waals surface area contributed by atoms with E-state index in [9.17, 15) is 13.2 Å². The predicted molar refractivity (Wildman–Crippen MR) is 48.2 cm³/mol. The van der Waals surface area contributed by atoms with Gasteiger partial charge in [0.25, 0.3) is 0 Å². The smallest absolute Gasteiger partial charge is 0.168 e. The summed E-state index contributed by atoms with van der Waals surface area (Å²) in [5.74, 6) is -3.41. The molecule has 1 atom stereocenters. The lowest BCUT2D eigenvalue weighted by molar-refractivity contribution is 0.211. The van der Waals surface area contributed by atoms with Gasteiger partial charge in [-0.15, -0.1) is 0 Å². The highest BCUT2D eigenvalue weighted by molar-refractivity contribution is 5.26. The SMILES string of the molecule is Fc1cc(F)c(OC2CCNC2)cc1F. The average Bonchev–Trinajstić information content (AvgIpc) is 2.67. The van der Waals surface area contributed by atoms with Gasteiger partial charge >= 0.3 is 0 Å². The summed E-state index contributed by atoms with van der Waals surface area (Å²) >= 11 is 0. The molecule has 1 fully saturated rings. The van der Waals surface area contributed by atoms with Gasteiger partial charge in [-0.25, -0.2) is 13.2 Å². The van der Waals surface area contributed by atoms with Gasteiger partial charge in [0.15, 0.2) is 23.2 Å². The number of rotatable bonds is 2. The molecule has 15 heavy (non-hydrogen) atoms. The van der Waals surface area contributed by atoms with Crippen LogP contribution in [-0.2, 0) is 0 Å². The van der Waals surface area contributed by atoms with Crippen LogP contribution in [0.25, 0.3) is 0 Å². The monoisotopic (exact) mass is 217 g/mol. The Kier molecular flexibility index (Phi) is 2.81. The molecule has 1 aliphatic rings. The van der Waals surface area contributed by atoms with Crippen molar-refractivity contribution in [2.24, 2.45) is 0 Å². The first-order valence-electron chi connectivity index (χ1n) is 4.69. The van der Waals surface area contributed by atoms with E-state index in [4.69, 9.17) is 4.74 Å². The zero-order chi connectivity index (χ0) is 10.8. The number of hydrogen-bond acceptors (Lipinski definition) is 2. The maximum absolute atomic E-state index is 13.1. The number of benzene rings is 1. The third-order valence-electron chi connectivity index (χ3n) is 2.28. The van der Waals surface area contributed by atoms with Crippen LogP contribution in [-0.4, -0.2) is 19.2 Å². The molecule has 0 spiro atoms. The van der Waals surface area contributed by atoms with Crippen LogP contribution in [0.5, 0.6) is 5.75 Å². The van der Waals surface area contributed by atoms with Crippen molar-refractivity contribution in [1.29, 1.82) is 0 Å². The second-order valence-corrected chi connectivity index (χ2v) is 3.43. The zero-order valence-electron chi connectivity index (χ0n) is 7.90. The molecule has 1 saturated heterocycles. The number of ether oxygens (including phenoxy) is 1. The van der Waals surface area contributed by atoms with Gasteiger partial charge in [0.1, 0.15) is 6.10 Å². The van der Waals surface area contributed by atoms with E-state index in [1.165, 1.54) is 0 Å². The lowest BCUT2D eigenvalue weighted by Gasteiger charge is -2.13. The van der Waals surface area contributed by atoms with Gasteiger partial charge in [0.05, 0.1) is 0 Å². The Morgan fingerprint density at radius 1 is 1.13 bits per heavy atom. The summed E-state index contributed by atoms with van der Waals surface area (Å²) in [5, 5.41) is 3.02. The normalized spacial score (nSPS) is 20.6. The Morgan fingerprint density at radius 2 is 1.87 bits per heavy atom. The predicted octanol–water partition coefficient (Wildman–Crippen LogP) is 1.84. The zero-order valence-corrected chi connectivity index (χ0v) is 7.90. The van der Waals surface area contributed by atoms with Crippen LogP contribution in [0, 0.1) is 17.5 Å². The van der Waals surface area contributed by atoms with Crippen molar-refractivity contribution in [2.75, 3.05) is 13.1 Å². The fourth-order valence-electron chi connectivity index (χ4n) is 1.50. The van der Waals surface area contributed by atoms with E-state index in [1.807, 2.05) is 0 Å². The van der Waals surface area contributed by atoms with Crippen LogP contribution >= 0.6 is 0 Å². The van der Waals surface area contributed by atoms with Crippen LogP contribution in [0.1, 0.15) is 6.42 Å². The molecule has 2 rings (SSSR count). The van der Waals surface area contributed by atoms with Gasteiger partial charge in [-0.3, -0.25) is 0 Å². The summed E-state index contributed by atoms with van der Waals surface area (Å²) in [6, 6.07) is 1.23. The summed E-state index contributed by atoms with van der Waals surface area (Å²) in [6.07, 6.45) is 0.558. The third kappa shape index (κ3) is 2.23. The fourth-order valence-corrected chi connectivity index (χ4v) is 1.50. The summed E-state index contributed by atoms with van der Waals surface area (Å²) in [7, 11) is 0. The average molecular weight is 217 g/mol. The van der Waals surface area contributed by atoms with Crippen molar-refractivity contribution < 1.29 is 17.9 Å². The van der Waals surface area contributed by atoms with Crippen LogP contribution in [0.2, 0.25) is 0 Å². The summed E-state index contributed by atoms with van der Waals surface area (Å²) in [5.41, 5.74) is 0. The molecule has 1 unspecified atom stereocenters. The van der Waals surface area contributed by atoms with E-state index in [0.29, 0.717) is 12.6 Å². The number of nitrogens with one attached hydrogen (secondary N) is 1. The molecule has 1 aromatic carbocycles. The highest BCUT2D eigenvalue weighted by atomic mass is 19.2. The Labute approximate surface area is 85.0 Å². The van der Waals surface area contributed by atoms with Gasteiger partial charge in [0.2, 0.25) is 0 Å². The van der Waals surface area contributed by atoms with Gasteiger partial charge in [-0.1, -0.05) is 0 Å². The van der Waals surface area contributed by atoms with Crippen molar-refractivity contribution >= 4 is 0 Å². The lowest BCUT2D eigenvalue weighted by Crippen LogP contribution is -2.20. The van der Waals surface area contributed by atoms with Gasteiger partial charge in [-0.05, 0) is 13.0 Å². The van der Waals surface area contributed by atoms with Crippen molar-refractivity contribution in [3.63, 3.8) is 0 Å². The van der Waals surface area contributed by atoms with E-state index in [2.05, 4.69) is 5.32 Å². The van der Waals surface area contributed by atoms with Crippen molar-refractivity contribution in [1.82, 2.24) is 5.32 Å². The molecule has 1 heterocycles. The molecule has 1 aliphatic heterocycles. The van der Waals surface area contributed by atoms with Crippen LogP contribution in [0.4, 0.5) is 13.2 Å². The van der Waals surface area contributed by atoms with E-state index in [1.54, 1.807) is 0 Å². The van der Waals surface area contributed by atoms with Crippen LogP contribution in [0.15, 0.2) is 12.1 Å². The molecule has 0 aromatic heterocycles. The van der Waals surface area contributed by atoms with E-state index in [-0.39, 0.29) is 11.9 Å². The largest absolute Gasteiger partial charge is 0.486 e.